The second-order valence-corrected chi connectivity index (χ2v) is 40.6. The van der Waals surface area contributed by atoms with Gasteiger partial charge in [0.15, 0.2) is 0 Å². The number of aliphatic hydroxyl groups excluding tert-OH is 5. The Kier molecular flexibility index (Phi) is 39.0. The van der Waals surface area contributed by atoms with Gasteiger partial charge in [0.25, 0.3) is 29.5 Å². The number of aliphatic hydroxyl groups is 5. The van der Waals surface area contributed by atoms with Gasteiger partial charge in [-0.3, -0.25) is 48.2 Å². The summed E-state index contributed by atoms with van der Waals surface area (Å²) in [6.45, 7) is 9.99. The number of carbonyl (C=O) groups excluding carboxylic acids is 5. The lowest BCUT2D eigenvalue weighted by Gasteiger charge is -2.10. The van der Waals surface area contributed by atoms with Crippen molar-refractivity contribution in [3.05, 3.63) is 307 Å². The highest BCUT2D eigenvalue weighted by molar-refractivity contribution is 14.1. The molecule has 0 radical (unpaired) electrons. The van der Waals surface area contributed by atoms with Crippen LogP contribution in [0.2, 0.25) is 0 Å². The maximum atomic E-state index is 14.3. The summed E-state index contributed by atoms with van der Waals surface area (Å²) in [5.74, 6) is -3.64. The molecule has 0 fully saturated rings. The maximum Gasteiger partial charge on any atom is 0.276 e. The number of amides is 5. The van der Waals surface area contributed by atoms with E-state index in [1.54, 1.807) is 80.4 Å². The number of rotatable bonds is 29. The Labute approximate surface area is 835 Å². The van der Waals surface area contributed by atoms with Gasteiger partial charge >= 0.3 is 0 Å². The third-order valence-corrected chi connectivity index (χ3v) is 28.0. The lowest BCUT2D eigenvalue weighted by atomic mass is 10.0. The molecule has 131 heavy (non-hydrogen) atoms. The highest BCUT2D eigenvalue weighted by Crippen LogP contribution is 2.40. The Morgan fingerprint density at radius 2 is 0.649 bits per heavy atom. The molecule has 5 amide bonds. The standard InChI is InChI=1S/2C19H18FIN2O4S.C18H16FIN2O3S.C18H16FIN2O2S.C17H14FIN2O2S/c2*1-10-4-5-22-19-16(10)17(18(26)23-27-9-13(25)8-24)15(28-19)6-11-2-3-12(21)7-14(11)20;1-10-6-13-16(17(24)22-25-5-4-23)15(26-18(13)21-9-10)7-11-2-3-12(20)8-14(11)19;1-3-24-22-17(23)16-13-6-10(2)9-21-18(13)25-15(16)7-11-4-5-12(20)8-14(11)19;1-9-5-12-15(16(22)21-23-2)14(24-17(12)20-8-9)6-10-3-4-11(19)7-13(10)18/h2*2-5,7,13,24-25H,6,8-9H2,1H3,(H,23,26);2-3,6,8-9,23H,4-5,7H2,1H3,(H,22,24);4-6,8-9H,3,7H2,1-2H3,(H,22,23);3-5,7-8H,6H2,1-2H3,(H,21,22)/t2*13-;;;/m10.../s1. The highest BCUT2D eigenvalue weighted by Gasteiger charge is 2.29. The molecule has 5 aromatic carbocycles. The largest absolute Gasteiger partial charge is 0.394 e. The van der Waals surface area contributed by atoms with E-state index < -0.39 is 43.1 Å². The molecule has 25 nitrogen and oxygen atoms in total. The molecular weight excluding hydrogens is 2360 g/mol. The van der Waals surface area contributed by atoms with Crippen LogP contribution in [0, 0.1) is 81.6 Å². The Morgan fingerprint density at radius 1 is 0.374 bits per heavy atom. The summed E-state index contributed by atoms with van der Waals surface area (Å²) in [5, 5.41) is 48.8. The fourth-order valence-electron chi connectivity index (χ4n) is 13.0. The molecule has 0 unspecified atom stereocenters. The molecule has 0 aliphatic rings. The van der Waals surface area contributed by atoms with Crippen LogP contribution in [-0.4, -0.2) is 146 Å². The molecule has 10 N–H and O–H groups in total. The third kappa shape index (κ3) is 27.6. The van der Waals surface area contributed by atoms with Crippen LogP contribution in [0.25, 0.3) is 51.1 Å². The summed E-state index contributed by atoms with van der Waals surface area (Å²) in [4.78, 5) is 117. The van der Waals surface area contributed by atoms with Crippen molar-refractivity contribution in [2.45, 2.75) is 85.9 Å². The number of fused-ring (bicyclic) bond motifs is 5. The number of nitrogens with zero attached hydrogens (tertiary/aromatic N) is 5. The summed E-state index contributed by atoms with van der Waals surface area (Å²) in [6, 6.07) is 34.5. The van der Waals surface area contributed by atoms with Gasteiger partial charge in [-0.2, -0.15) is 0 Å². The van der Waals surface area contributed by atoms with E-state index in [1.807, 2.05) is 128 Å². The topological polar surface area (TPSA) is 357 Å². The van der Waals surface area contributed by atoms with Crippen molar-refractivity contribution in [1.29, 1.82) is 0 Å². The van der Waals surface area contributed by atoms with Crippen LogP contribution in [0.4, 0.5) is 22.0 Å². The van der Waals surface area contributed by atoms with Crippen LogP contribution in [-0.2, 0) is 56.3 Å². The van der Waals surface area contributed by atoms with Gasteiger partial charge in [-0.05, 0) is 301 Å². The number of thiophene rings is 5. The monoisotopic (exact) mass is 2440 g/mol. The average molecular weight is 2450 g/mol. The summed E-state index contributed by atoms with van der Waals surface area (Å²) in [5.41, 5.74) is 21.0. The summed E-state index contributed by atoms with van der Waals surface area (Å²) in [6.07, 6.45) is 7.82. The van der Waals surface area contributed by atoms with Crippen molar-refractivity contribution in [2.75, 3.05) is 53.4 Å². The molecule has 2 atom stereocenters. The Hall–Kier alpha value is -8.10. The molecule has 10 heterocycles. The van der Waals surface area contributed by atoms with Crippen molar-refractivity contribution in [2.24, 2.45) is 0 Å². The molecule has 10 aromatic heterocycles. The van der Waals surface area contributed by atoms with Gasteiger partial charge in [-0.25, -0.2) is 74.3 Å². The average Bonchev–Trinajstić information content (AvgIpc) is 1.65. The zero-order valence-electron chi connectivity index (χ0n) is 70.4. The van der Waals surface area contributed by atoms with E-state index in [1.165, 1.54) is 94.1 Å². The highest BCUT2D eigenvalue weighted by atomic mass is 127. The second kappa shape index (κ2) is 49.4. The van der Waals surface area contributed by atoms with Crippen LogP contribution in [0.15, 0.2) is 152 Å². The fraction of sp³-hybridized carbons (Fsp3) is 0.231. The molecule has 0 aliphatic carbocycles. The maximum absolute atomic E-state index is 14.3. The molecule has 0 bridgehead atoms. The predicted octanol–water partition coefficient (Wildman–Crippen LogP) is 18.4. The first kappa shape index (κ1) is 103. The van der Waals surface area contributed by atoms with E-state index in [0.29, 0.717) is 120 Å². The summed E-state index contributed by atoms with van der Waals surface area (Å²) >= 11 is 17.1. The Balaban J connectivity index is 0.000000158. The molecule has 0 aliphatic heterocycles. The van der Waals surface area contributed by atoms with Crippen molar-refractivity contribution in [3.63, 3.8) is 0 Å². The van der Waals surface area contributed by atoms with Gasteiger partial charge < -0.3 is 25.5 Å². The van der Waals surface area contributed by atoms with Gasteiger partial charge in [-0.1, -0.05) is 30.3 Å². The van der Waals surface area contributed by atoms with Gasteiger partial charge in [-0.15, -0.1) is 56.7 Å². The number of aromatic nitrogens is 5. The first-order valence-corrected chi connectivity index (χ1v) is 49.0. The van der Waals surface area contributed by atoms with E-state index >= 15 is 0 Å². The molecule has 0 spiro atoms. The second-order valence-electron chi connectivity index (χ2n) is 28.9. The Bertz CT molecular complexity index is 6510. The zero-order valence-corrected chi connectivity index (χ0v) is 85.3. The number of hydrogen-bond donors (Lipinski definition) is 10. The van der Waals surface area contributed by atoms with Crippen LogP contribution in [0.5, 0.6) is 0 Å². The molecule has 686 valence electrons. The van der Waals surface area contributed by atoms with E-state index in [4.69, 9.17) is 39.5 Å². The third-order valence-electron chi connectivity index (χ3n) is 19.1. The minimum atomic E-state index is -1.09. The molecule has 40 heteroatoms. The molecule has 0 saturated heterocycles. The van der Waals surface area contributed by atoms with E-state index in [0.717, 1.165) is 75.9 Å². The first-order valence-electron chi connectivity index (χ1n) is 39.6. The van der Waals surface area contributed by atoms with Crippen LogP contribution >= 0.6 is 170 Å². The van der Waals surface area contributed by atoms with E-state index in [2.05, 4.69) is 120 Å². The minimum Gasteiger partial charge on any atom is -0.394 e. The minimum absolute atomic E-state index is 0.00777. The number of hydroxylamine groups is 5. The van der Waals surface area contributed by atoms with Gasteiger partial charge in [0, 0.05) is 132 Å². The quantitative estimate of drug-likeness (QED) is 0.00901. The first-order chi connectivity index (χ1) is 62.8. The number of hydrogen-bond acceptors (Lipinski definition) is 25. The molecular formula is C91H82F5I5N10O15S5. The van der Waals surface area contributed by atoms with Crippen molar-refractivity contribution in [1.82, 2.24) is 52.3 Å². The summed E-state index contributed by atoms with van der Waals surface area (Å²) < 4.78 is 75.5. The number of carbonyl (C=O) groups is 5. The lowest BCUT2D eigenvalue weighted by molar-refractivity contribution is -0.0295. The number of pyridine rings is 5. The normalized spacial score (nSPS) is 11.6. The SMILES string of the molecule is CCONC(=O)c1c(Cc2ccc(I)cc2F)sc2ncc(C)cc12.CONC(=O)c1c(Cc2ccc(I)cc2F)sc2ncc(C)cc12.Cc1ccnc2sc(Cc3ccc(I)cc3F)c(C(=O)NOC[C@@H](O)CO)c12.Cc1ccnc2sc(Cc3ccc(I)cc3F)c(C(=O)NOC[C@H](O)CO)c12.Cc1cnc2sc(Cc3ccc(I)cc3F)c(C(=O)NOCCO)c2c1. The summed E-state index contributed by atoms with van der Waals surface area (Å²) in [7, 11) is 1.38. The van der Waals surface area contributed by atoms with Gasteiger partial charge in [0.2, 0.25) is 0 Å². The van der Waals surface area contributed by atoms with Crippen LogP contribution < -0.4 is 27.4 Å². The van der Waals surface area contributed by atoms with Crippen molar-refractivity contribution in [3.8, 4) is 0 Å². The lowest BCUT2D eigenvalue weighted by Crippen LogP contribution is -2.30. The van der Waals surface area contributed by atoms with Crippen LogP contribution in [0.1, 0.15) is 139 Å². The van der Waals surface area contributed by atoms with Gasteiger partial charge in [0.1, 0.15) is 78.7 Å². The number of benzene rings is 5. The number of nitrogens with one attached hydrogen (secondary N) is 5. The van der Waals surface area contributed by atoms with Gasteiger partial charge in [0.05, 0.1) is 68.0 Å². The van der Waals surface area contributed by atoms with Crippen molar-refractivity contribution < 1.29 is 95.6 Å². The predicted molar refractivity (Wildman–Crippen MR) is 538 cm³/mol. The number of halogens is 10. The van der Waals surface area contributed by atoms with Crippen LogP contribution in [0.3, 0.4) is 0 Å². The zero-order chi connectivity index (χ0) is 94.4. The fourth-order valence-corrected chi connectivity index (χ4v) is 21.2. The number of aryl methyl sites for hydroxylation is 5. The molecule has 15 aromatic rings. The van der Waals surface area contributed by atoms with E-state index in [9.17, 15) is 56.1 Å². The van der Waals surface area contributed by atoms with E-state index in [-0.39, 0.29) is 86.6 Å². The molecule has 0 saturated carbocycles. The van der Waals surface area contributed by atoms with Crippen molar-refractivity contribution >= 4 is 250 Å². The Morgan fingerprint density at radius 3 is 0.931 bits per heavy atom. The molecule has 15 rings (SSSR count). The smallest absolute Gasteiger partial charge is 0.276 e.